The van der Waals surface area contributed by atoms with E-state index in [1.165, 1.54) is 12.7 Å². The van der Waals surface area contributed by atoms with Crippen LogP contribution in [0.5, 0.6) is 0 Å². The molecular formula is C16H20N2O2S. The summed E-state index contributed by atoms with van der Waals surface area (Å²) in [5.41, 5.74) is 3.30. The predicted molar refractivity (Wildman–Crippen MR) is 85.5 cm³/mol. The van der Waals surface area contributed by atoms with Gasteiger partial charge >= 0.3 is 0 Å². The molecule has 112 valence electrons. The molecule has 0 aliphatic rings. The van der Waals surface area contributed by atoms with Crippen molar-refractivity contribution in [3.05, 3.63) is 40.4 Å². The van der Waals surface area contributed by atoms with Crippen LogP contribution in [0.1, 0.15) is 29.1 Å². The molecule has 1 N–H and O–H groups in total. The fourth-order valence-electron chi connectivity index (χ4n) is 2.11. The van der Waals surface area contributed by atoms with Gasteiger partial charge in [-0.25, -0.2) is 4.98 Å². The number of nitrogens with one attached hydrogen (secondary N) is 1. The van der Waals surface area contributed by atoms with Crippen molar-refractivity contribution in [3.63, 3.8) is 0 Å². The Balaban J connectivity index is 2.18. The molecule has 0 aliphatic heterocycles. The van der Waals surface area contributed by atoms with E-state index in [4.69, 9.17) is 4.74 Å². The van der Waals surface area contributed by atoms with Crippen molar-refractivity contribution in [2.24, 2.45) is 0 Å². The number of hydrogen-bond acceptors (Lipinski definition) is 4. The largest absolute Gasteiger partial charge is 0.375 e. The number of benzene rings is 1. The van der Waals surface area contributed by atoms with Gasteiger partial charge in [0.15, 0.2) is 0 Å². The van der Waals surface area contributed by atoms with Gasteiger partial charge in [0.1, 0.15) is 11.6 Å². The normalized spacial score (nSPS) is 12.2. The topological polar surface area (TPSA) is 51.2 Å². The molecule has 1 aromatic carbocycles. The Kier molecular flexibility index (Phi) is 5.09. The van der Waals surface area contributed by atoms with E-state index in [2.05, 4.69) is 41.5 Å². The first-order valence-electron chi connectivity index (χ1n) is 6.84. The van der Waals surface area contributed by atoms with Crippen molar-refractivity contribution in [1.82, 2.24) is 10.3 Å². The fraction of sp³-hybridized carbons (Fsp3) is 0.375. The SMILES string of the molecule is COCC(=O)N[C@H](C)c1sc(-c2ccc(C)cc2)nc1C. The van der Waals surface area contributed by atoms with Gasteiger partial charge in [-0.05, 0) is 20.8 Å². The van der Waals surface area contributed by atoms with Crippen molar-refractivity contribution < 1.29 is 9.53 Å². The van der Waals surface area contributed by atoms with Crippen LogP contribution in [-0.4, -0.2) is 24.6 Å². The monoisotopic (exact) mass is 304 g/mol. The highest BCUT2D eigenvalue weighted by Crippen LogP contribution is 2.31. The number of carbonyl (C=O) groups excluding carboxylic acids is 1. The molecule has 2 aromatic rings. The summed E-state index contributed by atoms with van der Waals surface area (Å²) in [4.78, 5) is 17.3. The Morgan fingerprint density at radius 1 is 1.33 bits per heavy atom. The van der Waals surface area contributed by atoms with Crippen LogP contribution in [-0.2, 0) is 9.53 Å². The number of carbonyl (C=O) groups is 1. The highest BCUT2D eigenvalue weighted by molar-refractivity contribution is 7.15. The highest BCUT2D eigenvalue weighted by Gasteiger charge is 2.17. The average Bonchev–Trinajstić information content (AvgIpc) is 2.82. The molecule has 0 saturated carbocycles. The van der Waals surface area contributed by atoms with E-state index in [0.717, 1.165) is 21.1 Å². The number of ether oxygens (including phenoxy) is 1. The molecular weight excluding hydrogens is 284 g/mol. The number of aromatic nitrogens is 1. The molecule has 0 bridgehead atoms. The maximum Gasteiger partial charge on any atom is 0.246 e. The first-order valence-corrected chi connectivity index (χ1v) is 7.65. The summed E-state index contributed by atoms with van der Waals surface area (Å²) in [6.45, 7) is 6.08. The van der Waals surface area contributed by atoms with Crippen molar-refractivity contribution in [1.29, 1.82) is 0 Å². The van der Waals surface area contributed by atoms with Gasteiger partial charge in [0.2, 0.25) is 5.91 Å². The Hall–Kier alpha value is -1.72. The van der Waals surface area contributed by atoms with Gasteiger partial charge in [0, 0.05) is 12.7 Å². The summed E-state index contributed by atoms with van der Waals surface area (Å²) < 4.78 is 4.83. The van der Waals surface area contributed by atoms with Gasteiger partial charge in [-0.15, -0.1) is 11.3 Å². The van der Waals surface area contributed by atoms with Crippen LogP contribution in [0.3, 0.4) is 0 Å². The lowest BCUT2D eigenvalue weighted by atomic mass is 10.2. The quantitative estimate of drug-likeness (QED) is 0.922. The Morgan fingerprint density at radius 3 is 2.62 bits per heavy atom. The van der Waals surface area contributed by atoms with Gasteiger partial charge < -0.3 is 10.1 Å². The maximum absolute atomic E-state index is 11.6. The van der Waals surface area contributed by atoms with Crippen molar-refractivity contribution in [2.45, 2.75) is 26.8 Å². The van der Waals surface area contributed by atoms with E-state index in [1.54, 1.807) is 11.3 Å². The lowest BCUT2D eigenvalue weighted by Crippen LogP contribution is -2.29. The van der Waals surface area contributed by atoms with Gasteiger partial charge in [-0.3, -0.25) is 4.79 Å². The third kappa shape index (κ3) is 3.89. The number of aryl methyl sites for hydroxylation is 2. The van der Waals surface area contributed by atoms with Crippen molar-refractivity contribution in [2.75, 3.05) is 13.7 Å². The summed E-state index contributed by atoms with van der Waals surface area (Å²) in [7, 11) is 1.51. The second kappa shape index (κ2) is 6.83. The van der Waals surface area contributed by atoms with E-state index in [-0.39, 0.29) is 18.6 Å². The number of hydrogen-bond donors (Lipinski definition) is 1. The molecule has 1 amide bonds. The molecule has 0 saturated heterocycles. The third-order valence-electron chi connectivity index (χ3n) is 3.18. The molecule has 1 atom stereocenters. The molecule has 4 nitrogen and oxygen atoms in total. The summed E-state index contributed by atoms with van der Waals surface area (Å²) in [6, 6.07) is 8.24. The van der Waals surface area contributed by atoms with Gasteiger partial charge in [0.05, 0.1) is 16.6 Å². The summed E-state index contributed by atoms with van der Waals surface area (Å²) in [5.74, 6) is -0.116. The zero-order valence-electron chi connectivity index (χ0n) is 12.8. The second-order valence-corrected chi connectivity index (χ2v) is 6.09. The van der Waals surface area contributed by atoms with Gasteiger partial charge in [0.25, 0.3) is 0 Å². The van der Waals surface area contributed by atoms with Crippen LogP contribution >= 0.6 is 11.3 Å². The molecule has 1 heterocycles. The zero-order valence-corrected chi connectivity index (χ0v) is 13.6. The Labute approximate surface area is 129 Å². The second-order valence-electron chi connectivity index (χ2n) is 5.06. The minimum atomic E-state index is -0.116. The Morgan fingerprint density at radius 2 is 2.00 bits per heavy atom. The summed E-state index contributed by atoms with van der Waals surface area (Å²) >= 11 is 1.62. The fourth-order valence-corrected chi connectivity index (χ4v) is 3.18. The molecule has 1 aromatic heterocycles. The first kappa shape index (κ1) is 15.7. The van der Waals surface area contributed by atoms with Gasteiger partial charge in [-0.1, -0.05) is 29.8 Å². The van der Waals surface area contributed by atoms with E-state index >= 15 is 0 Å². The molecule has 21 heavy (non-hydrogen) atoms. The van der Waals surface area contributed by atoms with Crippen LogP contribution in [0.4, 0.5) is 0 Å². The van der Waals surface area contributed by atoms with Crippen LogP contribution in [0.25, 0.3) is 10.6 Å². The maximum atomic E-state index is 11.6. The van der Waals surface area contributed by atoms with E-state index in [1.807, 2.05) is 13.8 Å². The van der Waals surface area contributed by atoms with E-state index in [9.17, 15) is 4.79 Å². The molecule has 0 radical (unpaired) electrons. The summed E-state index contributed by atoms with van der Waals surface area (Å²) in [5, 5.41) is 3.90. The van der Waals surface area contributed by atoms with Crippen LogP contribution < -0.4 is 5.32 Å². The smallest absolute Gasteiger partial charge is 0.246 e. The lowest BCUT2D eigenvalue weighted by Gasteiger charge is -2.12. The predicted octanol–water partition coefficient (Wildman–Crippen LogP) is 3.25. The first-order chi connectivity index (χ1) is 10.0. The number of methoxy groups -OCH3 is 1. The average molecular weight is 304 g/mol. The minimum absolute atomic E-state index is 0.0654. The standard InChI is InChI=1S/C16H20N2O2S/c1-10-5-7-13(8-6-10)16-18-12(3)15(21-16)11(2)17-14(19)9-20-4/h5-8,11H,9H2,1-4H3,(H,17,19)/t11-/m1/s1. The lowest BCUT2D eigenvalue weighted by molar-refractivity contribution is -0.125. The van der Waals surface area contributed by atoms with E-state index < -0.39 is 0 Å². The highest BCUT2D eigenvalue weighted by atomic mass is 32.1. The third-order valence-corrected chi connectivity index (χ3v) is 4.57. The zero-order chi connectivity index (χ0) is 15.4. The number of nitrogens with zero attached hydrogens (tertiary/aromatic N) is 1. The molecule has 5 heteroatoms. The summed E-state index contributed by atoms with van der Waals surface area (Å²) in [6.07, 6.45) is 0. The Bertz CT molecular complexity index is 620. The van der Waals surface area contributed by atoms with Crippen LogP contribution in [0, 0.1) is 13.8 Å². The number of thiazole rings is 1. The van der Waals surface area contributed by atoms with Gasteiger partial charge in [-0.2, -0.15) is 0 Å². The van der Waals surface area contributed by atoms with Crippen molar-refractivity contribution in [3.8, 4) is 10.6 Å². The molecule has 0 spiro atoms. The molecule has 2 rings (SSSR count). The van der Waals surface area contributed by atoms with Crippen molar-refractivity contribution >= 4 is 17.2 Å². The minimum Gasteiger partial charge on any atom is -0.375 e. The number of rotatable bonds is 5. The molecule has 0 unspecified atom stereocenters. The van der Waals surface area contributed by atoms with Crippen LogP contribution in [0.15, 0.2) is 24.3 Å². The molecule has 0 fully saturated rings. The molecule has 0 aliphatic carbocycles. The van der Waals surface area contributed by atoms with Crippen LogP contribution in [0.2, 0.25) is 0 Å². The van der Waals surface area contributed by atoms with E-state index in [0.29, 0.717) is 0 Å². The number of amides is 1.